The molecule has 0 saturated carbocycles. The molecule has 0 bridgehead atoms. The second-order valence-corrected chi connectivity index (χ2v) is 6.15. The molecule has 1 heterocycles. The third-order valence-electron chi connectivity index (χ3n) is 1.72. The first-order valence-corrected chi connectivity index (χ1v) is 8.82. The summed E-state index contributed by atoms with van der Waals surface area (Å²) in [4.78, 5) is 19.2. The number of hydrogen-bond donors (Lipinski definition) is 2. The van der Waals surface area contributed by atoms with Crippen molar-refractivity contribution in [2.75, 3.05) is 6.61 Å². The average Bonchev–Trinajstić information content (AvgIpc) is 2.32. The summed E-state index contributed by atoms with van der Waals surface area (Å²) < 4.78 is 6.61. The Hall–Kier alpha value is -0.310. The van der Waals surface area contributed by atoms with Crippen molar-refractivity contribution >= 4 is 33.3 Å². The predicted octanol–water partition coefficient (Wildman–Crippen LogP) is 2.58. The van der Waals surface area contributed by atoms with E-state index in [2.05, 4.69) is 0 Å². The number of aliphatic carboxylic acids is 2. The molecule has 0 atom stereocenters. The normalized spacial score (nSPS) is 13.4. The van der Waals surface area contributed by atoms with Gasteiger partial charge in [0.1, 0.15) is 0 Å². The van der Waals surface area contributed by atoms with Crippen LogP contribution in [0.2, 0.25) is 4.47 Å². The Morgan fingerprint density at radius 1 is 1.06 bits per heavy atom. The van der Waals surface area contributed by atoms with Gasteiger partial charge in [0.2, 0.25) is 0 Å². The van der Waals surface area contributed by atoms with Crippen LogP contribution in [0.3, 0.4) is 0 Å². The second kappa shape index (κ2) is 16.7. The standard InChI is InChI=1S/2C4H8O2.C4H8OTe/c2*1-2-3-4(5)6;1-2-4-6-5-3-1/h2*2-3H2,1H3,(H,5,6);1-4H2. The number of rotatable bonds is 4. The zero-order valence-electron chi connectivity index (χ0n) is 11.2. The van der Waals surface area contributed by atoms with Gasteiger partial charge in [-0.05, 0) is 12.8 Å². The molecule has 0 amide bonds. The van der Waals surface area contributed by atoms with Crippen LogP contribution < -0.4 is 0 Å². The maximum atomic E-state index is 9.60. The zero-order valence-corrected chi connectivity index (χ0v) is 13.5. The topological polar surface area (TPSA) is 83.8 Å². The Morgan fingerprint density at radius 3 is 1.61 bits per heavy atom. The van der Waals surface area contributed by atoms with Crippen LogP contribution in [0.4, 0.5) is 0 Å². The molecule has 6 heteroatoms. The van der Waals surface area contributed by atoms with Crippen molar-refractivity contribution in [1.82, 2.24) is 0 Å². The quantitative estimate of drug-likeness (QED) is 0.738. The van der Waals surface area contributed by atoms with Crippen LogP contribution in [0.15, 0.2) is 0 Å². The van der Waals surface area contributed by atoms with Crippen LogP contribution in [0.5, 0.6) is 0 Å². The molecule has 2 N–H and O–H groups in total. The van der Waals surface area contributed by atoms with Gasteiger partial charge in [-0.15, -0.1) is 0 Å². The predicted molar refractivity (Wildman–Crippen MR) is 70.8 cm³/mol. The molecule has 0 unspecified atom stereocenters. The SMILES string of the molecule is C1CC[Te]OC1.CCCC(=O)O.CCCC(=O)O. The first-order chi connectivity index (χ1) is 8.54. The van der Waals surface area contributed by atoms with Crippen LogP contribution in [-0.2, 0) is 12.7 Å². The minimum Gasteiger partial charge on any atom is -0.481 e. The van der Waals surface area contributed by atoms with E-state index in [1.54, 1.807) is 0 Å². The van der Waals surface area contributed by atoms with Gasteiger partial charge >= 0.3 is 60.3 Å². The van der Waals surface area contributed by atoms with Gasteiger partial charge in [0.15, 0.2) is 0 Å². The molecule has 5 nitrogen and oxygen atoms in total. The third kappa shape index (κ3) is 24.8. The molecule has 108 valence electrons. The molecule has 0 radical (unpaired) electrons. The Balaban J connectivity index is 0. The van der Waals surface area contributed by atoms with Crippen LogP contribution in [0, 0.1) is 0 Å². The van der Waals surface area contributed by atoms with Gasteiger partial charge in [0.25, 0.3) is 0 Å². The molecular weight excluding hydrogens is 352 g/mol. The number of hydrogen-bond acceptors (Lipinski definition) is 3. The summed E-state index contributed by atoms with van der Waals surface area (Å²) in [6.07, 6.45) is 4.79. The van der Waals surface area contributed by atoms with E-state index in [1.165, 1.54) is 17.3 Å². The van der Waals surface area contributed by atoms with Gasteiger partial charge in [-0.3, -0.25) is 9.59 Å². The molecular formula is C12H24O5Te. The first kappa shape index (κ1) is 20.0. The number of carbonyl (C=O) groups is 2. The van der Waals surface area contributed by atoms with Gasteiger partial charge < -0.3 is 10.2 Å². The average molecular weight is 376 g/mol. The van der Waals surface area contributed by atoms with Crippen molar-refractivity contribution in [3.63, 3.8) is 0 Å². The summed E-state index contributed by atoms with van der Waals surface area (Å²) in [7, 11) is 0. The summed E-state index contributed by atoms with van der Waals surface area (Å²) in [5.74, 6) is -1.42. The number of carboxylic acids is 2. The van der Waals surface area contributed by atoms with Gasteiger partial charge in [-0.1, -0.05) is 13.8 Å². The Morgan fingerprint density at radius 2 is 1.56 bits per heavy atom. The van der Waals surface area contributed by atoms with E-state index in [9.17, 15) is 9.59 Å². The maximum Gasteiger partial charge on any atom is 0.303 e. The molecule has 1 aliphatic heterocycles. The van der Waals surface area contributed by atoms with Gasteiger partial charge in [0.05, 0.1) is 0 Å². The van der Waals surface area contributed by atoms with E-state index in [1.807, 2.05) is 13.8 Å². The van der Waals surface area contributed by atoms with Crippen LogP contribution >= 0.6 is 0 Å². The minimum atomic E-state index is -0.711. The van der Waals surface area contributed by atoms with Crippen molar-refractivity contribution in [2.45, 2.75) is 56.8 Å². The van der Waals surface area contributed by atoms with E-state index < -0.39 is 11.9 Å². The molecule has 0 aromatic heterocycles. The Kier molecular flexibility index (Phi) is 18.6. The molecule has 0 spiro atoms. The largest absolute Gasteiger partial charge is 0.481 e. The number of carboxylic acid groups (broad SMARTS) is 2. The van der Waals surface area contributed by atoms with E-state index in [0.717, 1.165) is 19.4 Å². The van der Waals surface area contributed by atoms with E-state index in [-0.39, 0.29) is 21.3 Å². The summed E-state index contributed by atoms with van der Waals surface area (Å²) in [6.45, 7) is 4.74. The molecule has 0 aromatic carbocycles. The molecule has 1 fully saturated rings. The Bertz CT molecular complexity index is 177. The van der Waals surface area contributed by atoms with E-state index in [0.29, 0.717) is 12.8 Å². The molecule has 1 rings (SSSR count). The third-order valence-corrected chi connectivity index (χ3v) is 3.97. The zero-order chi connectivity index (χ0) is 14.2. The van der Waals surface area contributed by atoms with Crippen LogP contribution in [0.25, 0.3) is 0 Å². The fraction of sp³-hybridized carbons (Fsp3) is 0.833. The summed E-state index contributed by atoms with van der Waals surface area (Å²) >= 11 is 0.0719. The van der Waals surface area contributed by atoms with Crippen molar-refractivity contribution < 1.29 is 22.9 Å². The minimum absolute atomic E-state index is 0.0719. The molecule has 1 aliphatic rings. The van der Waals surface area contributed by atoms with E-state index in [4.69, 9.17) is 13.3 Å². The van der Waals surface area contributed by atoms with Crippen molar-refractivity contribution in [1.29, 1.82) is 0 Å². The summed E-state index contributed by atoms with van der Waals surface area (Å²) in [6, 6.07) is 0. The fourth-order valence-corrected chi connectivity index (χ4v) is 2.80. The summed E-state index contributed by atoms with van der Waals surface area (Å²) in [5.41, 5.74) is 0. The summed E-state index contributed by atoms with van der Waals surface area (Å²) in [5, 5.41) is 15.8. The van der Waals surface area contributed by atoms with Gasteiger partial charge in [-0.2, -0.15) is 0 Å². The van der Waals surface area contributed by atoms with Crippen LogP contribution in [0.1, 0.15) is 52.4 Å². The van der Waals surface area contributed by atoms with Crippen molar-refractivity contribution in [3.05, 3.63) is 0 Å². The van der Waals surface area contributed by atoms with E-state index >= 15 is 0 Å². The monoisotopic (exact) mass is 378 g/mol. The Labute approximate surface area is 120 Å². The molecule has 0 aliphatic carbocycles. The first-order valence-electron chi connectivity index (χ1n) is 6.22. The van der Waals surface area contributed by atoms with Crippen molar-refractivity contribution in [2.24, 2.45) is 0 Å². The van der Waals surface area contributed by atoms with Crippen LogP contribution in [-0.4, -0.2) is 50.1 Å². The molecule has 18 heavy (non-hydrogen) atoms. The molecule has 0 aromatic rings. The fourth-order valence-electron chi connectivity index (χ4n) is 0.868. The smallest absolute Gasteiger partial charge is 0.303 e. The maximum absolute atomic E-state index is 9.60. The van der Waals surface area contributed by atoms with Gasteiger partial charge in [0, 0.05) is 12.8 Å². The van der Waals surface area contributed by atoms with Crippen molar-refractivity contribution in [3.8, 4) is 0 Å². The molecule has 1 saturated heterocycles. The second-order valence-electron chi connectivity index (χ2n) is 3.64. The van der Waals surface area contributed by atoms with Gasteiger partial charge in [-0.25, -0.2) is 0 Å².